The molecule has 1 unspecified atom stereocenters. The number of aliphatic hydroxyl groups excluding tert-OH is 1. The Labute approximate surface area is 189 Å². The molecular weight excluding hydrogens is 433 g/mol. The minimum Gasteiger partial charge on any atom is -0.406 e. The average Bonchev–Trinajstić information content (AvgIpc) is 2.77. The van der Waals surface area contributed by atoms with E-state index in [2.05, 4.69) is 15.4 Å². The summed E-state index contributed by atoms with van der Waals surface area (Å²) in [6.07, 6.45) is -3.18. The molecule has 3 N–H and O–H groups in total. The normalized spacial score (nSPS) is 15.5. The Morgan fingerprint density at radius 3 is 2.55 bits per heavy atom. The summed E-state index contributed by atoms with van der Waals surface area (Å²) in [7, 11) is 0. The maximum absolute atomic E-state index is 12.5. The molecule has 5 nitrogen and oxygen atoms in total. The van der Waals surface area contributed by atoms with Crippen molar-refractivity contribution in [2.24, 2.45) is 0 Å². The standard InChI is InChI=1S/C25H23F3N2O3/c26-25(27,28)33-21-8-2-7-19(13-21)18-6-1-4-16(12-18)15-29-24(32)30-23-9-3-5-17-10-11-20(31)14-22(17)23/h1-9,12-13,20,31H,10-11,14-15H2,(H2,29,30,32). The Kier molecular flexibility index (Phi) is 6.55. The number of ether oxygens (including phenoxy) is 1. The van der Waals surface area contributed by atoms with Crippen molar-refractivity contribution >= 4 is 11.7 Å². The Bertz CT molecular complexity index is 1150. The van der Waals surface area contributed by atoms with Gasteiger partial charge in [-0.15, -0.1) is 13.2 Å². The summed E-state index contributed by atoms with van der Waals surface area (Å²) in [5, 5.41) is 15.6. The Balaban J connectivity index is 1.41. The number of carbonyl (C=O) groups is 1. The van der Waals surface area contributed by atoms with Crippen LogP contribution in [0.3, 0.4) is 0 Å². The van der Waals surface area contributed by atoms with Gasteiger partial charge in [0.05, 0.1) is 6.10 Å². The molecule has 2 amide bonds. The van der Waals surface area contributed by atoms with E-state index in [1.165, 1.54) is 18.2 Å². The predicted octanol–water partition coefficient (Wildman–Crippen LogP) is 5.42. The highest BCUT2D eigenvalue weighted by Gasteiger charge is 2.31. The number of anilines is 1. The Morgan fingerprint density at radius 1 is 1.03 bits per heavy atom. The van der Waals surface area contributed by atoms with E-state index in [1.54, 1.807) is 24.3 Å². The fraction of sp³-hybridized carbons (Fsp3) is 0.240. The zero-order chi connectivity index (χ0) is 23.4. The van der Waals surface area contributed by atoms with Crippen molar-refractivity contribution in [2.75, 3.05) is 5.32 Å². The van der Waals surface area contributed by atoms with Crippen LogP contribution in [0.2, 0.25) is 0 Å². The molecule has 1 aliphatic carbocycles. The first-order valence-electron chi connectivity index (χ1n) is 10.6. The second-order valence-corrected chi connectivity index (χ2v) is 7.92. The molecule has 0 radical (unpaired) electrons. The van der Waals surface area contributed by atoms with Crippen LogP contribution >= 0.6 is 0 Å². The number of alkyl halides is 3. The second kappa shape index (κ2) is 9.54. The molecule has 1 atom stereocenters. The van der Waals surface area contributed by atoms with E-state index in [4.69, 9.17) is 0 Å². The zero-order valence-electron chi connectivity index (χ0n) is 17.7. The monoisotopic (exact) mass is 456 g/mol. The summed E-state index contributed by atoms with van der Waals surface area (Å²) in [4.78, 5) is 12.5. The van der Waals surface area contributed by atoms with Gasteiger partial charge in [-0.3, -0.25) is 0 Å². The first-order chi connectivity index (χ1) is 15.8. The lowest BCUT2D eigenvalue weighted by molar-refractivity contribution is -0.274. The zero-order valence-corrected chi connectivity index (χ0v) is 17.7. The molecule has 1 aliphatic rings. The first-order valence-corrected chi connectivity index (χ1v) is 10.6. The summed E-state index contributed by atoms with van der Waals surface area (Å²) in [6.45, 7) is 0.232. The SMILES string of the molecule is O=C(NCc1cccc(-c2cccc(OC(F)(F)F)c2)c1)Nc1cccc2c1CC(O)CC2. The summed E-state index contributed by atoms with van der Waals surface area (Å²) in [5.74, 6) is -0.292. The Morgan fingerprint density at radius 2 is 1.76 bits per heavy atom. The predicted molar refractivity (Wildman–Crippen MR) is 119 cm³/mol. The number of aliphatic hydroxyl groups is 1. The van der Waals surface area contributed by atoms with E-state index in [9.17, 15) is 23.1 Å². The molecule has 8 heteroatoms. The van der Waals surface area contributed by atoms with Gasteiger partial charge in [0.15, 0.2) is 0 Å². The fourth-order valence-electron chi connectivity index (χ4n) is 3.97. The van der Waals surface area contributed by atoms with Gasteiger partial charge in [-0.2, -0.15) is 0 Å². The number of amides is 2. The maximum atomic E-state index is 12.5. The highest BCUT2D eigenvalue weighted by Crippen LogP contribution is 2.29. The fourth-order valence-corrected chi connectivity index (χ4v) is 3.97. The number of fused-ring (bicyclic) bond motifs is 1. The van der Waals surface area contributed by atoms with Crippen molar-refractivity contribution in [3.05, 3.63) is 83.4 Å². The van der Waals surface area contributed by atoms with Gasteiger partial charge in [0, 0.05) is 18.7 Å². The topological polar surface area (TPSA) is 70.6 Å². The lowest BCUT2D eigenvalue weighted by Gasteiger charge is -2.23. The number of hydrogen-bond donors (Lipinski definition) is 3. The van der Waals surface area contributed by atoms with Crippen molar-refractivity contribution in [3.8, 4) is 16.9 Å². The van der Waals surface area contributed by atoms with Crippen molar-refractivity contribution in [2.45, 2.75) is 38.3 Å². The molecule has 172 valence electrons. The number of aryl methyl sites for hydroxylation is 1. The van der Waals surface area contributed by atoms with Crippen molar-refractivity contribution in [1.29, 1.82) is 0 Å². The average molecular weight is 456 g/mol. The minimum atomic E-state index is -4.76. The summed E-state index contributed by atoms with van der Waals surface area (Å²) in [5.41, 5.74) is 4.82. The summed E-state index contributed by atoms with van der Waals surface area (Å²) >= 11 is 0. The number of carbonyl (C=O) groups excluding carboxylic acids is 1. The van der Waals surface area contributed by atoms with Crippen molar-refractivity contribution < 1.29 is 27.8 Å². The lowest BCUT2D eigenvalue weighted by Crippen LogP contribution is -2.29. The third-order valence-electron chi connectivity index (χ3n) is 5.49. The van der Waals surface area contributed by atoms with Gasteiger partial charge in [0.2, 0.25) is 0 Å². The molecule has 0 saturated heterocycles. The quantitative estimate of drug-likeness (QED) is 0.480. The Hall–Kier alpha value is -3.52. The number of hydrogen-bond acceptors (Lipinski definition) is 3. The van der Waals surface area contributed by atoms with Crippen LogP contribution in [0.5, 0.6) is 5.75 Å². The van der Waals surface area contributed by atoms with Crippen molar-refractivity contribution in [3.63, 3.8) is 0 Å². The summed E-state index contributed by atoms with van der Waals surface area (Å²) in [6, 6.07) is 18.2. The van der Waals surface area contributed by atoms with Crippen LogP contribution in [0, 0.1) is 0 Å². The first kappa shape index (κ1) is 22.7. The van der Waals surface area contributed by atoms with Crippen LogP contribution in [0.15, 0.2) is 66.7 Å². The van der Waals surface area contributed by atoms with E-state index in [0.29, 0.717) is 29.7 Å². The number of halogens is 3. The largest absolute Gasteiger partial charge is 0.573 e. The van der Waals surface area contributed by atoms with Crippen LogP contribution in [0.1, 0.15) is 23.1 Å². The molecule has 0 saturated carbocycles. The van der Waals surface area contributed by atoms with Gasteiger partial charge in [0.25, 0.3) is 0 Å². The van der Waals surface area contributed by atoms with E-state index >= 15 is 0 Å². The van der Waals surface area contributed by atoms with Crippen molar-refractivity contribution in [1.82, 2.24) is 5.32 Å². The molecule has 33 heavy (non-hydrogen) atoms. The van der Waals surface area contributed by atoms with E-state index < -0.39 is 12.5 Å². The van der Waals surface area contributed by atoms with Crippen LogP contribution in [0.25, 0.3) is 11.1 Å². The maximum Gasteiger partial charge on any atom is 0.573 e. The van der Waals surface area contributed by atoms with Gasteiger partial charge in [-0.25, -0.2) is 4.79 Å². The molecule has 3 aromatic rings. The number of urea groups is 1. The van der Waals surface area contributed by atoms with E-state index in [1.807, 2.05) is 24.3 Å². The van der Waals surface area contributed by atoms with Gasteiger partial charge in [0.1, 0.15) is 5.75 Å². The molecule has 0 aromatic heterocycles. The third kappa shape index (κ3) is 6.04. The second-order valence-electron chi connectivity index (χ2n) is 7.92. The minimum absolute atomic E-state index is 0.232. The highest BCUT2D eigenvalue weighted by atomic mass is 19.4. The molecule has 0 aliphatic heterocycles. The molecule has 0 spiro atoms. The highest BCUT2D eigenvalue weighted by molar-refractivity contribution is 5.90. The van der Waals surface area contributed by atoms with E-state index in [-0.39, 0.29) is 18.3 Å². The third-order valence-corrected chi connectivity index (χ3v) is 5.49. The van der Waals surface area contributed by atoms with Crippen LogP contribution in [-0.2, 0) is 19.4 Å². The van der Waals surface area contributed by atoms with Gasteiger partial charge >= 0.3 is 12.4 Å². The number of nitrogens with one attached hydrogen (secondary N) is 2. The molecule has 4 rings (SSSR count). The van der Waals surface area contributed by atoms with Gasteiger partial charge in [-0.1, -0.05) is 42.5 Å². The van der Waals surface area contributed by atoms with Gasteiger partial charge < -0.3 is 20.5 Å². The van der Waals surface area contributed by atoms with E-state index in [0.717, 1.165) is 23.1 Å². The lowest BCUT2D eigenvalue weighted by atomic mass is 9.88. The van der Waals surface area contributed by atoms with Crippen LogP contribution in [0.4, 0.5) is 23.7 Å². The van der Waals surface area contributed by atoms with Crippen LogP contribution < -0.4 is 15.4 Å². The summed E-state index contributed by atoms with van der Waals surface area (Å²) < 4.78 is 41.5. The molecule has 0 heterocycles. The van der Waals surface area contributed by atoms with Gasteiger partial charge in [-0.05, 0) is 64.9 Å². The molecule has 0 bridgehead atoms. The molecular formula is C25H23F3N2O3. The molecule has 0 fully saturated rings. The molecule has 3 aromatic carbocycles. The number of benzene rings is 3. The number of rotatable bonds is 5. The van der Waals surface area contributed by atoms with Crippen LogP contribution in [-0.4, -0.2) is 23.6 Å². The smallest absolute Gasteiger partial charge is 0.406 e.